The van der Waals surface area contributed by atoms with E-state index in [1.165, 1.54) is 7.11 Å². The SMILES string of the molecule is CCN(CC)CCOc1cc(C(=O)OC)ccc1OC1C=CCCC1. The average Bonchev–Trinajstić information content (AvgIpc) is 2.66. The van der Waals surface area contributed by atoms with Gasteiger partial charge in [-0.15, -0.1) is 0 Å². The van der Waals surface area contributed by atoms with Gasteiger partial charge in [0.25, 0.3) is 0 Å². The number of esters is 1. The van der Waals surface area contributed by atoms with Gasteiger partial charge in [-0.2, -0.15) is 0 Å². The number of rotatable bonds is 9. The topological polar surface area (TPSA) is 48.0 Å². The molecule has 0 N–H and O–H groups in total. The highest BCUT2D eigenvalue weighted by Gasteiger charge is 2.16. The number of hydrogen-bond acceptors (Lipinski definition) is 5. The third-order valence-electron chi connectivity index (χ3n) is 4.41. The Morgan fingerprint density at radius 1 is 1.24 bits per heavy atom. The molecule has 1 aliphatic carbocycles. The highest BCUT2D eigenvalue weighted by molar-refractivity contribution is 5.90. The van der Waals surface area contributed by atoms with E-state index in [9.17, 15) is 4.79 Å². The monoisotopic (exact) mass is 347 g/mol. The van der Waals surface area contributed by atoms with Crippen LogP contribution in [0.3, 0.4) is 0 Å². The quantitative estimate of drug-likeness (QED) is 0.504. The summed E-state index contributed by atoms with van der Waals surface area (Å²) in [6.45, 7) is 7.61. The fourth-order valence-corrected chi connectivity index (χ4v) is 2.83. The lowest BCUT2D eigenvalue weighted by atomic mass is 10.1. The Hall–Kier alpha value is -2.01. The highest BCUT2D eigenvalue weighted by Crippen LogP contribution is 2.31. The minimum Gasteiger partial charge on any atom is -0.488 e. The Balaban J connectivity index is 2.11. The summed E-state index contributed by atoms with van der Waals surface area (Å²) in [5.41, 5.74) is 0.465. The molecule has 1 aliphatic rings. The number of nitrogens with zero attached hydrogens (tertiary/aromatic N) is 1. The predicted molar refractivity (Wildman–Crippen MR) is 98.5 cm³/mol. The average molecular weight is 347 g/mol. The molecule has 0 aliphatic heterocycles. The number of carbonyl (C=O) groups excluding carboxylic acids is 1. The molecule has 1 atom stereocenters. The minimum absolute atomic E-state index is 0.0582. The molecule has 2 rings (SSSR count). The van der Waals surface area contributed by atoms with Crippen LogP contribution in [0, 0.1) is 0 Å². The number of methoxy groups -OCH3 is 1. The largest absolute Gasteiger partial charge is 0.488 e. The van der Waals surface area contributed by atoms with Gasteiger partial charge in [0.2, 0.25) is 0 Å². The molecule has 0 saturated carbocycles. The second-order valence-electron chi connectivity index (χ2n) is 6.04. The Kier molecular flexibility index (Phi) is 7.79. The van der Waals surface area contributed by atoms with Gasteiger partial charge in [-0.1, -0.05) is 19.9 Å². The van der Waals surface area contributed by atoms with Crippen molar-refractivity contribution >= 4 is 5.97 Å². The molecule has 0 radical (unpaired) electrons. The first-order valence-electron chi connectivity index (χ1n) is 9.08. The van der Waals surface area contributed by atoms with Crippen LogP contribution in [0.2, 0.25) is 0 Å². The molecule has 0 aromatic heterocycles. The van der Waals surface area contributed by atoms with Crippen LogP contribution in [0.15, 0.2) is 30.4 Å². The fraction of sp³-hybridized carbons (Fsp3) is 0.550. The van der Waals surface area contributed by atoms with Gasteiger partial charge in [0.05, 0.1) is 12.7 Å². The van der Waals surface area contributed by atoms with Gasteiger partial charge in [-0.3, -0.25) is 0 Å². The van der Waals surface area contributed by atoms with Gasteiger partial charge in [0.1, 0.15) is 12.7 Å². The van der Waals surface area contributed by atoms with E-state index in [1.807, 2.05) is 0 Å². The molecule has 1 unspecified atom stereocenters. The van der Waals surface area contributed by atoms with Crippen molar-refractivity contribution in [3.05, 3.63) is 35.9 Å². The molecular weight excluding hydrogens is 318 g/mol. The number of carbonyl (C=O) groups is 1. The lowest BCUT2D eigenvalue weighted by Gasteiger charge is -2.22. The van der Waals surface area contributed by atoms with E-state index in [-0.39, 0.29) is 12.1 Å². The molecular formula is C20H29NO4. The van der Waals surface area contributed by atoms with Crippen LogP contribution in [0.4, 0.5) is 0 Å². The third-order valence-corrected chi connectivity index (χ3v) is 4.41. The molecule has 0 bridgehead atoms. The fourth-order valence-electron chi connectivity index (χ4n) is 2.83. The van der Waals surface area contributed by atoms with Crippen LogP contribution >= 0.6 is 0 Å². The van der Waals surface area contributed by atoms with E-state index >= 15 is 0 Å². The van der Waals surface area contributed by atoms with Gasteiger partial charge < -0.3 is 19.1 Å². The zero-order valence-electron chi connectivity index (χ0n) is 15.5. The molecule has 0 heterocycles. The van der Waals surface area contributed by atoms with Gasteiger partial charge in [0.15, 0.2) is 11.5 Å². The van der Waals surface area contributed by atoms with E-state index in [0.29, 0.717) is 23.7 Å². The van der Waals surface area contributed by atoms with Crippen LogP contribution in [0.25, 0.3) is 0 Å². The first-order chi connectivity index (χ1) is 12.2. The molecule has 5 nitrogen and oxygen atoms in total. The Morgan fingerprint density at radius 3 is 2.68 bits per heavy atom. The Labute approximate surface area is 150 Å². The van der Waals surface area contributed by atoms with Crippen molar-refractivity contribution < 1.29 is 19.0 Å². The van der Waals surface area contributed by atoms with Gasteiger partial charge in [-0.05, 0) is 56.6 Å². The smallest absolute Gasteiger partial charge is 0.337 e. The molecule has 0 amide bonds. The second kappa shape index (κ2) is 10.1. The molecule has 0 spiro atoms. The predicted octanol–water partition coefficient (Wildman–Crippen LogP) is 3.68. The summed E-state index contributed by atoms with van der Waals surface area (Å²) >= 11 is 0. The molecule has 25 heavy (non-hydrogen) atoms. The number of hydrogen-bond donors (Lipinski definition) is 0. The van der Waals surface area contributed by atoms with Crippen molar-refractivity contribution in [3.63, 3.8) is 0 Å². The number of likely N-dealkylation sites (N-methyl/N-ethyl adjacent to an activating group) is 1. The van der Waals surface area contributed by atoms with Crippen molar-refractivity contribution in [2.24, 2.45) is 0 Å². The van der Waals surface area contributed by atoms with Crippen molar-refractivity contribution in [3.8, 4) is 11.5 Å². The highest BCUT2D eigenvalue weighted by atomic mass is 16.5. The van der Waals surface area contributed by atoms with Crippen molar-refractivity contribution in [2.45, 2.75) is 39.2 Å². The summed E-state index contributed by atoms with van der Waals surface area (Å²) in [5, 5.41) is 0. The first kappa shape index (κ1) is 19.3. The van der Waals surface area contributed by atoms with Crippen LogP contribution in [0.1, 0.15) is 43.5 Å². The summed E-state index contributed by atoms with van der Waals surface area (Å²) in [7, 11) is 1.38. The molecule has 5 heteroatoms. The van der Waals surface area contributed by atoms with Crippen LogP contribution in [-0.2, 0) is 4.74 Å². The van der Waals surface area contributed by atoms with Gasteiger partial charge in [-0.25, -0.2) is 4.79 Å². The van der Waals surface area contributed by atoms with E-state index in [4.69, 9.17) is 14.2 Å². The van der Waals surface area contributed by atoms with Crippen LogP contribution < -0.4 is 9.47 Å². The first-order valence-corrected chi connectivity index (χ1v) is 9.08. The maximum atomic E-state index is 11.8. The lowest BCUT2D eigenvalue weighted by Crippen LogP contribution is -2.28. The number of allylic oxidation sites excluding steroid dienone is 1. The van der Waals surface area contributed by atoms with E-state index in [2.05, 4.69) is 30.9 Å². The molecule has 1 aromatic rings. The second-order valence-corrected chi connectivity index (χ2v) is 6.04. The molecule has 1 aromatic carbocycles. The van der Waals surface area contributed by atoms with E-state index in [0.717, 1.165) is 38.9 Å². The van der Waals surface area contributed by atoms with Crippen molar-refractivity contribution in [1.82, 2.24) is 4.90 Å². The maximum absolute atomic E-state index is 11.8. The van der Waals surface area contributed by atoms with Gasteiger partial charge in [0, 0.05) is 6.54 Å². The zero-order valence-corrected chi connectivity index (χ0v) is 15.5. The van der Waals surface area contributed by atoms with Crippen LogP contribution in [-0.4, -0.2) is 50.3 Å². The number of benzene rings is 1. The summed E-state index contributed by atoms with van der Waals surface area (Å²) in [6, 6.07) is 5.21. The lowest BCUT2D eigenvalue weighted by molar-refractivity contribution is 0.0600. The minimum atomic E-state index is -0.377. The van der Waals surface area contributed by atoms with E-state index in [1.54, 1.807) is 18.2 Å². The normalized spacial score (nSPS) is 16.7. The summed E-state index contributed by atoms with van der Waals surface area (Å²) in [6.07, 6.45) is 7.53. The van der Waals surface area contributed by atoms with E-state index < -0.39 is 0 Å². The van der Waals surface area contributed by atoms with Gasteiger partial charge >= 0.3 is 5.97 Å². The standard InChI is InChI=1S/C20H29NO4/c1-4-21(5-2)13-14-24-19-15-16(20(22)23-3)11-12-18(19)25-17-9-7-6-8-10-17/h7,9,11-12,15,17H,4-6,8,10,13-14H2,1-3H3. The summed E-state index contributed by atoms with van der Waals surface area (Å²) < 4.78 is 16.8. The van der Waals surface area contributed by atoms with Crippen LogP contribution in [0.5, 0.6) is 11.5 Å². The summed E-state index contributed by atoms with van der Waals surface area (Å²) in [5.74, 6) is 0.885. The molecule has 138 valence electrons. The summed E-state index contributed by atoms with van der Waals surface area (Å²) in [4.78, 5) is 14.1. The zero-order chi connectivity index (χ0) is 18.1. The van der Waals surface area contributed by atoms with Crippen molar-refractivity contribution in [1.29, 1.82) is 0 Å². The Bertz CT molecular complexity index is 581. The number of ether oxygens (including phenoxy) is 3. The maximum Gasteiger partial charge on any atom is 0.337 e. The third kappa shape index (κ3) is 5.78. The Morgan fingerprint density at radius 2 is 2.04 bits per heavy atom. The molecule has 0 saturated heterocycles. The molecule has 0 fully saturated rings. The van der Waals surface area contributed by atoms with Crippen molar-refractivity contribution in [2.75, 3.05) is 33.4 Å².